The second-order valence-electron chi connectivity index (χ2n) is 7.96. The van der Waals surface area contributed by atoms with Gasteiger partial charge in [0.1, 0.15) is 15.8 Å². The number of aromatic nitrogens is 2. The number of thiocarbonyl (C=S) groups is 1. The molecule has 1 saturated heterocycles. The Morgan fingerprint density at radius 3 is 2.38 bits per heavy atom. The van der Waals surface area contributed by atoms with Crippen LogP contribution in [-0.2, 0) is 23.6 Å². The van der Waals surface area contributed by atoms with Crippen molar-refractivity contribution < 1.29 is 55.0 Å². The molecule has 1 N–H and O–H groups in total. The summed E-state index contributed by atoms with van der Waals surface area (Å²) >= 11 is 6.06. The van der Waals surface area contributed by atoms with E-state index in [4.69, 9.17) is 21.7 Å². The topological polar surface area (TPSA) is 124 Å². The first-order valence-corrected chi connectivity index (χ1v) is 11.8. The largest absolute Gasteiger partial charge is 0.475 e. The predicted molar refractivity (Wildman–Crippen MR) is 125 cm³/mol. The van der Waals surface area contributed by atoms with E-state index in [9.17, 15) is 41.1 Å². The van der Waals surface area contributed by atoms with E-state index in [-0.39, 0.29) is 56.8 Å². The van der Waals surface area contributed by atoms with E-state index in [1.165, 1.54) is 23.1 Å². The number of aromatic carboxylic acids is 1. The third-order valence-corrected chi connectivity index (χ3v) is 6.72. The van der Waals surface area contributed by atoms with E-state index in [1.807, 2.05) is 0 Å². The number of halogens is 6. The van der Waals surface area contributed by atoms with Crippen molar-refractivity contribution in [2.45, 2.75) is 25.2 Å². The quantitative estimate of drug-likeness (QED) is 0.172. The summed E-state index contributed by atoms with van der Waals surface area (Å²) in [7, 11) is 0. The molecule has 0 spiro atoms. The minimum atomic E-state index is -5.03. The Hall–Kier alpha value is -3.86. The minimum Gasteiger partial charge on any atom is -0.475 e. The fourth-order valence-electron chi connectivity index (χ4n) is 3.55. The second-order valence-corrected chi connectivity index (χ2v) is 9.64. The molecule has 1 aliphatic heterocycles. The molecule has 39 heavy (non-hydrogen) atoms. The molecule has 1 amide bonds. The van der Waals surface area contributed by atoms with Crippen molar-refractivity contribution in [2.75, 3.05) is 6.54 Å². The van der Waals surface area contributed by atoms with Gasteiger partial charge in [0.25, 0.3) is 5.91 Å². The molecule has 0 unspecified atom stereocenters. The van der Waals surface area contributed by atoms with E-state index < -0.39 is 46.6 Å². The first kappa shape index (κ1) is 28.2. The zero-order chi connectivity index (χ0) is 28.7. The Balaban J connectivity index is 1.51. The lowest BCUT2D eigenvalue weighted by Crippen LogP contribution is -2.32. The number of carboxylic acids is 1. The maximum absolute atomic E-state index is 13.2. The van der Waals surface area contributed by atoms with E-state index in [0.717, 1.165) is 11.8 Å². The Bertz CT molecular complexity index is 1460. The maximum Gasteiger partial charge on any atom is 0.416 e. The van der Waals surface area contributed by atoms with Crippen molar-refractivity contribution in [3.63, 3.8) is 0 Å². The van der Waals surface area contributed by atoms with Gasteiger partial charge < -0.3 is 14.7 Å². The fraction of sp³-hybridized carbons (Fsp3) is 0.227. The second kappa shape index (κ2) is 10.4. The standard InChI is InChI=1S/C22H13F6N3O6S2/c23-21(24,25)11-6-10(7-12(8-11)22(26,27)28)15-4-3-13(36-15)9-16-18(32)30(20(38)39-16)5-1-2-14-17(19(33)34)29-37-31(14)35/h3-4,6-9H,1-2,5H2,(H,33,34). The Labute approximate surface area is 223 Å². The summed E-state index contributed by atoms with van der Waals surface area (Å²) in [5, 5.41) is 23.8. The zero-order valence-electron chi connectivity index (χ0n) is 19.0. The number of hydrogen-bond acceptors (Lipinski definition) is 8. The van der Waals surface area contributed by atoms with Crippen molar-refractivity contribution in [3.8, 4) is 11.3 Å². The number of nitrogens with zero attached hydrogens (tertiary/aromatic N) is 3. The lowest BCUT2D eigenvalue weighted by Gasteiger charge is -2.13. The van der Waals surface area contributed by atoms with E-state index in [1.54, 1.807) is 0 Å². The normalized spacial score (nSPS) is 15.5. The number of furan rings is 1. The number of carbonyl (C=O) groups excluding carboxylic acids is 1. The van der Waals surface area contributed by atoms with Crippen LogP contribution in [0.2, 0.25) is 0 Å². The van der Waals surface area contributed by atoms with Crippen LogP contribution in [0.15, 0.2) is 44.3 Å². The highest BCUT2D eigenvalue weighted by atomic mass is 32.2. The molecule has 206 valence electrons. The SMILES string of the molecule is O=C(O)c1no[n+]([O-])c1CCCN1C(=O)C(=Cc2ccc(-c3cc(C(F)(F)F)cc(C(F)(F)F)c3)o2)SC1=S. The highest BCUT2D eigenvalue weighted by Gasteiger charge is 2.37. The molecular formula is C22H13F6N3O6S2. The van der Waals surface area contributed by atoms with Crippen LogP contribution in [0.3, 0.4) is 0 Å². The maximum atomic E-state index is 13.2. The number of thioether (sulfide) groups is 1. The summed E-state index contributed by atoms with van der Waals surface area (Å²) in [4.78, 5) is 25.1. The molecule has 0 bridgehead atoms. The fourth-order valence-corrected chi connectivity index (χ4v) is 4.84. The number of benzene rings is 1. The van der Waals surface area contributed by atoms with E-state index >= 15 is 0 Å². The van der Waals surface area contributed by atoms with Gasteiger partial charge in [0.2, 0.25) is 5.69 Å². The van der Waals surface area contributed by atoms with Crippen LogP contribution in [0.25, 0.3) is 17.4 Å². The van der Waals surface area contributed by atoms with Gasteiger partial charge in [0.05, 0.1) is 21.2 Å². The highest BCUT2D eigenvalue weighted by molar-refractivity contribution is 8.26. The summed E-state index contributed by atoms with van der Waals surface area (Å²) < 4.78 is 88.9. The summed E-state index contributed by atoms with van der Waals surface area (Å²) in [6.45, 7) is 0.000103. The van der Waals surface area contributed by atoms with E-state index in [0.29, 0.717) is 12.1 Å². The Morgan fingerprint density at radius 2 is 1.79 bits per heavy atom. The van der Waals surface area contributed by atoms with Crippen LogP contribution < -0.4 is 4.90 Å². The smallest absolute Gasteiger partial charge is 0.416 e. The van der Waals surface area contributed by atoms with Crippen molar-refractivity contribution in [1.82, 2.24) is 10.1 Å². The summed E-state index contributed by atoms with van der Waals surface area (Å²) in [6.07, 6.45) is -8.81. The monoisotopic (exact) mass is 593 g/mol. The third-order valence-electron chi connectivity index (χ3n) is 5.34. The molecule has 0 aliphatic carbocycles. The van der Waals surface area contributed by atoms with Gasteiger partial charge in [0, 0.05) is 24.6 Å². The lowest BCUT2D eigenvalue weighted by molar-refractivity contribution is -0.807. The van der Waals surface area contributed by atoms with Crippen LogP contribution in [0.5, 0.6) is 0 Å². The average Bonchev–Trinajstić information content (AvgIpc) is 3.52. The molecule has 3 heterocycles. The van der Waals surface area contributed by atoms with Crippen LogP contribution in [0, 0.1) is 5.21 Å². The number of carbonyl (C=O) groups is 2. The van der Waals surface area contributed by atoms with Gasteiger partial charge in [0.15, 0.2) is 0 Å². The van der Waals surface area contributed by atoms with Gasteiger partial charge >= 0.3 is 24.0 Å². The van der Waals surface area contributed by atoms with Crippen LogP contribution in [0.1, 0.15) is 39.5 Å². The zero-order valence-corrected chi connectivity index (χ0v) is 20.6. The minimum absolute atomic E-state index is 0.000103. The lowest BCUT2D eigenvalue weighted by atomic mass is 10.0. The summed E-state index contributed by atoms with van der Waals surface area (Å²) in [6, 6.07) is 3.48. The molecule has 0 radical (unpaired) electrons. The molecule has 1 aliphatic rings. The van der Waals surface area contributed by atoms with Crippen molar-refractivity contribution in [1.29, 1.82) is 0 Å². The van der Waals surface area contributed by atoms with Crippen LogP contribution in [-0.4, -0.2) is 37.9 Å². The third kappa shape index (κ3) is 6.08. The molecule has 1 aromatic carbocycles. The van der Waals surface area contributed by atoms with E-state index in [2.05, 4.69) is 9.79 Å². The number of hydrogen-bond donors (Lipinski definition) is 1. The van der Waals surface area contributed by atoms with Crippen molar-refractivity contribution in [2.24, 2.45) is 0 Å². The number of amides is 1. The Morgan fingerprint density at radius 1 is 1.15 bits per heavy atom. The highest BCUT2D eigenvalue weighted by Crippen LogP contribution is 2.39. The molecule has 9 nitrogen and oxygen atoms in total. The van der Waals surface area contributed by atoms with Crippen molar-refractivity contribution in [3.05, 3.63) is 68.7 Å². The molecular weight excluding hydrogens is 580 g/mol. The summed E-state index contributed by atoms with van der Waals surface area (Å²) in [5.41, 5.74) is -4.28. The number of alkyl halides is 6. The molecule has 3 aromatic rings. The van der Waals surface area contributed by atoms with Gasteiger partial charge in [-0.05, 0) is 41.7 Å². The van der Waals surface area contributed by atoms with Crippen LogP contribution in [0.4, 0.5) is 26.3 Å². The molecule has 0 atom stereocenters. The molecule has 4 rings (SSSR count). The van der Waals surface area contributed by atoms with Crippen LogP contribution >= 0.6 is 24.0 Å². The van der Waals surface area contributed by atoms with Gasteiger partial charge in [-0.15, -0.1) is 0 Å². The van der Waals surface area contributed by atoms with Gasteiger partial charge in [-0.1, -0.05) is 24.0 Å². The predicted octanol–water partition coefficient (Wildman–Crippen LogP) is 5.14. The van der Waals surface area contributed by atoms with Gasteiger partial charge in [-0.2, -0.15) is 26.3 Å². The molecule has 1 fully saturated rings. The molecule has 0 saturated carbocycles. The number of carboxylic acid groups (broad SMARTS) is 1. The number of rotatable bonds is 7. The summed E-state index contributed by atoms with van der Waals surface area (Å²) in [5.74, 6) is -2.35. The average molecular weight is 593 g/mol. The van der Waals surface area contributed by atoms with Crippen molar-refractivity contribution >= 4 is 46.3 Å². The first-order valence-electron chi connectivity index (χ1n) is 10.6. The molecule has 2 aromatic heterocycles. The van der Waals surface area contributed by atoms with Gasteiger partial charge in [-0.25, -0.2) is 4.79 Å². The van der Waals surface area contributed by atoms with Gasteiger partial charge in [-0.3, -0.25) is 14.3 Å². The Kier molecular flexibility index (Phi) is 7.48. The molecule has 17 heteroatoms. The first-order chi connectivity index (χ1) is 18.1.